The normalized spacial score (nSPS) is 12.9. The average molecular weight is 117 g/mol. The first-order valence-corrected chi connectivity index (χ1v) is 2.55. The van der Waals surface area contributed by atoms with E-state index in [0.717, 1.165) is 0 Å². The molecule has 0 saturated carbocycles. The Morgan fingerprint density at radius 3 is 2.50 bits per heavy atom. The lowest BCUT2D eigenvalue weighted by atomic mass is 10.3. The van der Waals surface area contributed by atoms with Gasteiger partial charge in [0.05, 0.1) is 12.5 Å². The number of carbonyl (C=O) groups excluding carboxylic acids is 1. The molecule has 0 spiro atoms. The molecule has 0 radical (unpaired) electrons. The van der Waals surface area contributed by atoms with Crippen LogP contribution in [0, 0.1) is 0 Å². The van der Waals surface area contributed by atoms with Gasteiger partial charge < -0.3 is 10.4 Å². The van der Waals surface area contributed by atoms with Crippen molar-refractivity contribution in [3.63, 3.8) is 0 Å². The van der Waals surface area contributed by atoms with Gasteiger partial charge in [0.15, 0.2) is 0 Å². The van der Waals surface area contributed by atoms with Gasteiger partial charge in [0.25, 0.3) is 0 Å². The third-order valence-corrected chi connectivity index (χ3v) is 0.760. The van der Waals surface area contributed by atoms with Crippen LogP contribution in [-0.2, 0) is 4.79 Å². The van der Waals surface area contributed by atoms with E-state index in [0.29, 0.717) is 0 Å². The predicted octanol–water partition coefficient (Wildman–Crippen LogP) is -0.497. The summed E-state index contributed by atoms with van der Waals surface area (Å²) < 4.78 is 0. The van der Waals surface area contributed by atoms with Crippen LogP contribution in [0.25, 0.3) is 0 Å². The van der Waals surface area contributed by atoms with Crippen molar-refractivity contribution < 1.29 is 9.90 Å². The number of rotatable bonds is 2. The van der Waals surface area contributed by atoms with Crippen molar-refractivity contribution >= 4 is 5.91 Å². The van der Waals surface area contributed by atoms with Crippen LogP contribution in [0.15, 0.2) is 0 Å². The minimum atomic E-state index is -0.532. The number of carbonyl (C=O) groups is 1. The molecule has 0 bridgehead atoms. The lowest BCUT2D eigenvalue weighted by Gasteiger charge is -1.99. The summed E-state index contributed by atoms with van der Waals surface area (Å²) in [4.78, 5) is 10.4. The van der Waals surface area contributed by atoms with E-state index in [4.69, 9.17) is 5.11 Å². The van der Waals surface area contributed by atoms with Gasteiger partial charge in [-0.2, -0.15) is 0 Å². The Bertz CT molecular complexity index is 80.5. The summed E-state index contributed by atoms with van der Waals surface area (Å²) in [5.41, 5.74) is 0. The zero-order valence-electron chi connectivity index (χ0n) is 5.14. The van der Waals surface area contributed by atoms with E-state index in [1.807, 2.05) is 0 Å². The topological polar surface area (TPSA) is 49.3 Å². The highest BCUT2D eigenvalue weighted by atomic mass is 16.3. The van der Waals surface area contributed by atoms with Gasteiger partial charge in [0.1, 0.15) is 0 Å². The highest BCUT2D eigenvalue weighted by Gasteiger charge is 2.00. The van der Waals surface area contributed by atoms with Crippen LogP contribution in [0.5, 0.6) is 0 Å². The van der Waals surface area contributed by atoms with Crippen molar-refractivity contribution in [2.75, 3.05) is 7.05 Å². The van der Waals surface area contributed by atoms with E-state index in [1.165, 1.54) is 0 Å². The fourth-order valence-corrected chi connectivity index (χ4v) is 0.370. The first kappa shape index (κ1) is 7.43. The summed E-state index contributed by atoms with van der Waals surface area (Å²) >= 11 is 0. The summed E-state index contributed by atoms with van der Waals surface area (Å²) in [6.45, 7) is 1.58. The van der Waals surface area contributed by atoms with Gasteiger partial charge in [0, 0.05) is 7.05 Å². The minimum Gasteiger partial charge on any atom is -0.393 e. The van der Waals surface area contributed by atoms with Crippen molar-refractivity contribution in [2.45, 2.75) is 19.4 Å². The van der Waals surface area contributed by atoms with Gasteiger partial charge >= 0.3 is 0 Å². The monoisotopic (exact) mass is 117 g/mol. The number of aliphatic hydroxyl groups is 1. The lowest BCUT2D eigenvalue weighted by Crippen LogP contribution is -2.21. The van der Waals surface area contributed by atoms with Crippen molar-refractivity contribution in [3.8, 4) is 0 Å². The highest BCUT2D eigenvalue weighted by Crippen LogP contribution is 1.86. The van der Waals surface area contributed by atoms with Crippen molar-refractivity contribution in [3.05, 3.63) is 0 Å². The molecule has 0 rings (SSSR count). The SMILES string of the molecule is CNC(=O)C[C@H](C)O. The van der Waals surface area contributed by atoms with Crippen molar-refractivity contribution in [1.82, 2.24) is 5.32 Å². The second-order valence-electron chi connectivity index (χ2n) is 1.73. The van der Waals surface area contributed by atoms with Gasteiger partial charge in [-0.1, -0.05) is 0 Å². The maximum Gasteiger partial charge on any atom is 0.222 e. The molecule has 0 saturated heterocycles. The Balaban J connectivity index is 3.25. The quantitative estimate of drug-likeness (QED) is 0.512. The highest BCUT2D eigenvalue weighted by molar-refractivity contribution is 5.75. The molecule has 0 aliphatic carbocycles. The first-order valence-electron chi connectivity index (χ1n) is 2.55. The van der Waals surface area contributed by atoms with Crippen LogP contribution in [-0.4, -0.2) is 24.2 Å². The van der Waals surface area contributed by atoms with Crippen molar-refractivity contribution in [2.24, 2.45) is 0 Å². The fraction of sp³-hybridized carbons (Fsp3) is 0.800. The van der Waals surface area contributed by atoms with E-state index in [1.54, 1.807) is 14.0 Å². The molecule has 0 fully saturated rings. The third kappa shape index (κ3) is 3.61. The lowest BCUT2D eigenvalue weighted by molar-refractivity contribution is -0.122. The molecule has 0 aliphatic rings. The van der Waals surface area contributed by atoms with Gasteiger partial charge in [-0.25, -0.2) is 0 Å². The van der Waals surface area contributed by atoms with Crippen LogP contribution >= 0.6 is 0 Å². The number of aliphatic hydroxyl groups excluding tert-OH is 1. The second kappa shape index (κ2) is 3.43. The van der Waals surface area contributed by atoms with Crippen LogP contribution in [0.1, 0.15) is 13.3 Å². The van der Waals surface area contributed by atoms with Crippen LogP contribution in [0.4, 0.5) is 0 Å². The van der Waals surface area contributed by atoms with E-state index in [9.17, 15) is 4.79 Å². The molecular formula is C5H11NO2. The Morgan fingerprint density at radius 2 is 2.38 bits per heavy atom. The molecule has 0 aliphatic heterocycles. The molecule has 0 heterocycles. The second-order valence-corrected chi connectivity index (χ2v) is 1.73. The van der Waals surface area contributed by atoms with Crippen LogP contribution in [0.3, 0.4) is 0 Å². The average Bonchev–Trinajstić information content (AvgIpc) is 1.65. The number of hydrogen-bond donors (Lipinski definition) is 2. The van der Waals surface area contributed by atoms with Gasteiger partial charge in [-0.05, 0) is 6.92 Å². The summed E-state index contributed by atoms with van der Waals surface area (Å²) in [6, 6.07) is 0. The number of hydrogen-bond acceptors (Lipinski definition) is 2. The predicted molar refractivity (Wildman–Crippen MR) is 30.4 cm³/mol. The molecule has 2 N–H and O–H groups in total. The molecule has 0 aromatic carbocycles. The Hall–Kier alpha value is -0.570. The maximum atomic E-state index is 10.4. The van der Waals surface area contributed by atoms with E-state index in [2.05, 4.69) is 5.32 Å². The molecule has 1 amide bonds. The molecule has 0 aromatic rings. The Kier molecular flexibility index (Phi) is 3.19. The summed E-state index contributed by atoms with van der Waals surface area (Å²) in [5.74, 6) is -0.125. The zero-order valence-corrected chi connectivity index (χ0v) is 5.14. The smallest absolute Gasteiger partial charge is 0.222 e. The summed E-state index contributed by atoms with van der Waals surface area (Å²) in [6.07, 6.45) is -0.341. The van der Waals surface area contributed by atoms with Crippen LogP contribution < -0.4 is 5.32 Å². The van der Waals surface area contributed by atoms with Gasteiger partial charge in [0.2, 0.25) is 5.91 Å². The fourth-order valence-electron chi connectivity index (χ4n) is 0.370. The van der Waals surface area contributed by atoms with Crippen LogP contribution in [0.2, 0.25) is 0 Å². The molecule has 8 heavy (non-hydrogen) atoms. The van der Waals surface area contributed by atoms with E-state index < -0.39 is 6.10 Å². The molecule has 3 nitrogen and oxygen atoms in total. The Morgan fingerprint density at radius 1 is 1.88 bits per heavy atom. The van der Waals surface area contributed by atoms with E-state index >= 15 is 0 Å². The number of amides is 1. The first-order chi connectivity index (χ1) is 3.66. The van der Waals surface area contributed by atoms with Gasteiger partial charge in [-0.3, -0.25) is 4.79 Å². The molecular weight excluding hydrogens is 106 g/mol. The van der Waals surface area contributed by atoms with E-state index in [-0.39, 0.29) is 12.3 Å². The molecule has 48 valence electrons. The third-order valence-electron chi connectivity index (χ3n) is 0.760. The Labute approximate surface area is 48.7 Å². The zero-order chi connectivity index (χ0) is 6.57. The standard InChI is InChI=1S/C5H11NO2/c1-4(7)3-5(8)6-2/h4,7H,3H2,1-2H3,(H,6,8)/t4-/m0/s1. The van der Waals surface area contributed by atoms with Gasteiger partial charge in [-0.15, -0.1) is 0 Å². The molecule has 3 heteroatoms. The van der Waals surface area contributed by atoms with Crippen molar-refractivity contribution in [1.29, 1.82) is 0 Å². The summed E-state index contributed by atoms with van der Waals surface area (Å²) in [7, 11) is 1.55. The maximum absolute atomic E-state index is 10.4. The summed E-state index contributed by atoms with van der Waals surface area (Å²) in [5, 5.41) is 11.0. The largest absolute Gasteiger partial charge is 0.393 e. The molecule has 1 atom stereocenters. The minimum absolute atomic E-state index is 0.125. The molecule has 0 aromatic heterocycles. The molecule has 0 unspecified atom stereocenters. The number of nitrogens with one attached hydrogen (secondary N) is 1.